The number of methoxy groups -OCH3 is 1. The molecule has 0 amide bonds. The van der Waals surface area contributed by atoms with Gasteiger partial charge in [0.05, 0.1) is 6.10 Å². The van der Waals surface area contributed by atoms with Gasteiger partial charge in [-0.2, -0.15) is 0 Å². The fraction of sp³-hybridized carbons (Fsp3) is 0.600. The molecule has 0 aliphatic carbocycles. The lowest BCUT2D eigenvalue weighted by molar-refractivity contribution is -0.00744. The average molecular weight is 248 g/mol. The highest BCUT2D eigenvalue weighted by molar-refractivity contribution is 5.48. The van der Waals surface area contributed by atoms with Gasteiger partial charge in [-0.3, -0.25) is 4.90 Å². The van der Waals surface area contributed by atoms with Crippen molar-refractivity contribution < 1.29 is 4.74 Å². The third kappa shape index (κ3) is 3.03. The molecule has 2 rings (SSSR count). The van der Waals surface area contributed by atoms with Crippen LogP contribution in [-0.2, 0) is 11.3 Å². The molecule has 2 unspecified atom stereocenters. The second kappa shape index (κ2) is 5.72. The molecule has 1 aromatic carbocycles. The molecule has 1 aliphatic rings. The zero-order valence-electron chi connectivity index (χ0n) is 11.6. The number of rotatable bonds is 3. The van der Waals surface area contributed by atoms with E-state index in [1.54, 1.807) is 0 Å². The van der Waals surface area contributed by atoms with E-state index < -0.39 is 0 Å². The van der Waals surface area contributed by atoms with E-state index in [4.69, 9.17) is 10.5 Å². The van der Waals surface area contributed by atoms with Gasteiger partial charge in [0.15, 0.2) is 0 Å². The van der Waals surface area contributed by atoms with Crippen molar-refractivity contribution in [1.29, 1.82) is 0 Å². The molecule has 0 bridgehead atoms. The molecule has 1 fully saturated rings. The van der Waals surface area contributed by atoms with Crippen molar-refractivity contribution in [3.8, 4) is 0 Å². The second-order valence-electron chi connectivity index (χ2n) is 5.47. The molecule has 1 aliphatic heterocycles. The average Bonchev–Trinajstić information content (AvgIpc) is 2.36. The van der Waals surface area contributed by atoms with Gasteiger partial charge in [-0.05, 0) is 43.0 Å². The Morgan fingerprint density at radius 1 is 1.44 bits per heavy atom. The van der Waals surface area contributed by atoms with Crippen molar-refractivity contribution in [2.24, 2.45) is 5.92 Å². The van der Waals surface area contributed by atoms with Crippen LogP contribution in [0.25, 0.3) is 0 Å². The number of aryl methyl sites for hydroxylation is 1. The van der Waals surface area contributed by atoms with Crippen LogP contribution >= 0.6 is 0 Å². The molecule has 0 saturated carbocycles. The molecular formula is C15H24N2O. The third-order valence-corrected chi connectivity index (χ3v) is 4.03. The first kappa shape index (κ1) is 13.4. The summed E-state index contributed by atoms with van der Waals surface area (Å²) < 4.78 is 5.55. The molecule has 2 atom stereocenters. The van der Waals surface area contributed by atoms with Crippen molar-refractivity contribution in [2.45, 2.75) is 32.9 Å². The Balaban J connectivity index is 1.99. The lowest BCUT2D eigenvalue weighted by Crippen LogP contribution is -2.43. The molecule has 0 spiro atoms. The molecule has 100 valence electrons. The Hall–Kier alpha value is -1.06. The number of benzene rings is 1. The monoisotopic (exact) mass is 248 g/mol. The minimum absolute atomic E-state index is 0.363. The van der Waals surface area contributed by atoms with Crippen molar-refractivity contribution in [3.63, 3.8) is 0 Å². The van der Waals surface area contributed by atoms with Crippen LogP contribution in [0, 0.1) is 12.8 Å². The van der Waals surface area contributed by atoms with E-state index in [1.165, 1.54) is 12.0 Å². The largest absolute Gasteiger partial charge is 0.399 e. The highest BCUT2D eigenvalue weighted by Gasteiger charge is 2.25. The molecular weight excluding hydrogens is 224 g/mol. The van der Waals surface area contributed by atoms with Gasteiger partial charge >= 0.3 is 0 Å². The maximum absolute atomic E-state index is 5.96. The van der Waals surface area contributed by atoms with Gasteiger partial charge in [0.25, 0.3) is 0 Å². The Morgan fingerprint density at radius 3 is 2.89 bits per heavy atom. The fourth-order valence-electron chi connectivity index (χ4n) is 2.59. The fourth-order valence-corrected chi connectivity index (χ4v) is 2.59. The van der Waals surface area contributed by atoms with Crippen LogP contribution < -0.4 is 5.73 Å². The van der Waals surface area contributed by atoms with Gasteiger partial charge in [-0.15, -0.1) is 0 Å². The zero-order valence-corrected chi connectivity index (χ0v) is 11.6. The van der Waals surface area contributed by atoms with Crippen LogP contribution in [0.1, 0.15) is 24.5 Å². The van der Waals surface area contributed by atoms with E-state index in [0.29, 0.717) is 12.0 Å². The molecule has 3 nitrogen and oxygen atoms in total. The smallest absolute Gasteiger partial charge is 0.0724 e. The molecule has 3 heteroatoms. The van der Waals surface area contributed by atoms with Crippen molar-refractivity contribution in [3.05, 3.63) is 29.3 Å². The summed E-state index contributed by atoms with van der Waals surface area (Å²) in [6.45, 7) is 7.45. The first-order chi connectivity index (χ1) is 8.60. The molecule has 18 heavy (non-hydrogen) atoms. The maximum Gasteiger partial charge on any atom is 0.0724 e. The van der Waals surface area contributed by atoms with E-state index >= 15 is 0 Å². The Bertz CT molecular complexity index is 405. The summed E-state index contributed by atoms with van der Waals surface area (Å²) in [6.07, 6.45) is 1.57. The predicted octanol–water partition coefficient (Wildman–Crippen LogP) is 2.43. The topological polar surface area (TPSA) is 38.5 Å². The van der Waals surface area contributed by atoms with Gasteiger partial charge in [0, 0.05) is 25.9 Å². The first-order valence-corrected chi connectivity index (χ1v) is 6.70. The SMILES string of the molecule is COC1CN(Cc2ccc(C)c(N)c2)CCC1C. The Morgan fingerprint density at radius 2 is 2.22 bits per heavy atom. The van der Waals surface area contributed by atoms with Gasteiger partial charge in [0.2, 0.25) is 0 Å². The maximum atomic E-state index is 5.96. The number of hydrogen-bond acceptors (Lipinski definition) is 3. The van der Waals surface area contributed by atoms with E-state index in [9.17, 15) is 0 Å². The van der Waals surface area contributed by atoms with Gasteiger partial charge in [0.1, 0.15) is 0 Å². The van der Waals surface area contributed by atoms with Crippen LogP contribution in [0.2, 0.25) is 0 Å². The number of hydrogen-bond donors (Lipinski definition) is 1. The number of anilines is 1. The number of ether oxygens (including phenoxy) is 1. The van der Waals surface area contributed by atoms with Crippen LogP contribution in [0.3, 0.4) is 0 Å². The lowest BCUT2D eigenvalue weighted by Gasteiger charge is -2.36. The summed E-state index contributed by atoms with van der Waals surface area (Å²) in [7, 11) is 1.81. The van der Waals surface area contributed by atoms with Crippen LogP contribution in [0.15, 0.2) is 18.2 Å². The number of nitrogens with zero attached hydrogens (tertiary/aromatic N) is 1. The first-order valence-electron chi connectivity index (χ1n) is 6.70. The highest BCUT2D eigenvalue weighted by atomic mass is 16.5. The molecule has 0 aromatic heterocycles. The van der Waals surface area contributed by atoms with Crippen LogP contribution in [0.5, 0.6) is 0 Å². The van der Waals surface area contributed by atoms with E-state index in [0.717, 1.165) is 30.9 Å². The van der Waals surface area contributed by atoms with Crippen LogP contribution in [-0.4, -0.2) is 31.2 Å². The zero-order chi connectivity index (χ0) is 13.1. The number of likely N-dealkylation sites (tertiary alicyclic amines) is 1. The predicted molar refractivity (Wildman–Crippen MR) is 75.4 cm³/mol. The standard InChI is InChI=1S/C15H24N2O/c1-11-4-5-13(8-14(11)16)9-17-7-6-12(2)15(10-17)18-3/h4-5,8,12,15H,6-7,9-10,16H2,1-3H3. The Kier molecular flexibility index (Phi) is 4.25. The van der Waals surface area contributed by atoms with Crippen molar-refractivity contribution >= 4 is 5.69 Å². The minimum Gasteiger partial charge on any atom is -0.399 e. The Labute approximate surface area is 110 Å². The highest BCUT2D eigenvalue weighted by Crippen LogP contribution is 2.22. The van der Waals surface area contributed by atoms with Crippen molar-refractivity contribution in [1.82, 2.24) is 4.90 Å². The summed E-state index contributed by atoms with van der Waals surface area (Å²) >= 11 is 0. The molecule has 1 saturated heterocycles. The molecule has 0 radical (unpaired) electrons. The molecule has 1 heterocycles. The van der Waals surface area contributed by atoms with Gasteiger partial charge < -0.3 is 10.5 Å². The summed E-state index contributed by atoms with van der Waals surface area (Å²) in [4.78, 5) is 2.46. The molecule has 2 N–H and O–H groups in total. The molecule has 1 aromatic rings. The summed E-state index contributed by atoms with van der Waals surface area (Å²) in [5, 5.41) is 0. The number of piperidine rings is 1. The third-order valence-electron chi connectivity index (χ3n) is 4.03. The summed E-state index contributed by atoms with van der Waals surface area (Å²) in [5.74, 6) is 0.661. The normalized spacial score (nSPS) is 25.3. The van der Waals surface area contributed by atoms with E-state index in [-0.39, 0.29) is 0 Å². The van der Waals surface area contributed by atoms with Gasteiger partial charge in [-0.25, -0.2) is 0 Å². The number of nitrogens with two attached hydrogens (primary N) is 1. The summed E-state index contributed by atoms with van der Waals surface area (Å²) in [5.41, 5.74) is 9.30. The second-order valence-corrected chi connectivity index (χ2v) is 5.47. The van der Waals surface area contributed by atoms with Crippen molar-refractivity contribution in [2.75, 3.05) is 25.9 Å². The summed E-state index contributed by atoms with van der Waals surface area (Å²) in [6, 6.07) is 6.37. The van der Waals surface area contributed by atoms with Gasteiger partial charge in [-0.1, -0.05) is 19.1 Å². The van der Waals surface area contributed by atoms with Crippen LogP contribution in [0.4, 0.5) is 5.69 Å². The number of nitrogen functional groups attached to an aromatic ring is 1. The van der Waals surface area contributed by atoms with E-state index in [2.05, 4.69) is 30.0 Å². The van der Waals surface area contributed by atoms with E-state index in [1.807, 2.05) is 14.0 Å². The lowest BCUT2D eigenvalue weighted by atomic mass is 9.95. The minimum atomic E-state index is 0.363. The quantitative estimate of drug-likeness (QED) is 0.835.